The Balaban J connectivity index is 1.74. The minimum Gasteiger partial charge on any atom is -0.494 e. The summed E-state index contributed by atoms with van der Waals surface area (Å²) < 4.78 is 5.66. The molecule has 1 aromatic heterocycles. The molecule has 0 bridgehead atoms. The van der Waals surface area contributed by atoms with E-state index in [1.807, 2.05) is 44.2 Å². The van der Waals surface area contributed by atoms with Crippen molar-refractivity contribution in [2.75, 3.05) is 12.4 Å². The van der Waals surface area contributed by atoms with E-state index in [9.17, 15) is 5.26 Å². The second-order valence-corrected chi connectivity index (χ2v) is 6.75. The lowest BCUT2D eigenvalue weighted by Gasteiger charge is -2.08. The van der Waals surface area contributed by atoms with Gasteiger partial charge >= 0.3 is 0 Å². The lowest BCUT2D eigenvalue weighted by Crippen LogP contribution is -1.99. The Bertz CT molecular complexity index is 695. The van der Waals surface area contributed by atoms with Crippen LogP contribution in [0.4, 0.5) is 0 Å². The number of rotatable bonds is 7. The van der Waals surface area contributed by atoms with Gasteiger partial charge in [0.15, 0.2) is 0 Å². The van der Waals surface area contributed by atoms with Gasteiger partial charge in [-0.1, -0.05) is 11.6 Å². The third kappa shape index (κ3) is 5.46. The van der Waals surface area contributed by atoms with Crippen LogP contribution in [-0.4, -0.2) is 17.3 Å². The number of thioether (sulfide) groups is 1. The molecule has 1 aromatic carbocycles. The van der Waals surface area contributed by atoms with Gasteiger partial charge in [0.25, 0.3) is 0 Å². The van der Waals surface area contributed by atoms with E-state index in [2.05, 4.69) is 11.1 Å². The van der Waals surface area contributed by atoms with Gasteiger partial charge in [-0.15, -0.1) is 11.8 Å². The molecule has 2 aromatic rings. The number of pyridine rings is 1. The van der Waals surface area contributed by atoms with Crippen LogP contribution in [0.3, 0.4) is 0 Å². The number of hydrogen-bond acceptors (Lipinski definition) is 4. The summed E-state index contributed by atoms with van der Waals surface area (Å²) in [5.41, 5.74) is 2.64. The topological polar surface area (TPSA) is 45.9 Å². The molecule has 0 unspecified atom stereocenters. The van der Waals surface area contributed by atoms with Crippen LogP contribution >= 0.6 is 23.4 Å². The zero-order valence-electron chi connectivity index (χ0n) is 13.3. The van der Waals surface area contributed by atoms with Gasteiger partial charge in [-0.2, -0.15) is 5.26 Å². The Hall–Kier alpha value is -1.70. The fourth-order valence-corrected chi connectivity index (χ4v) is 3.36. The van der Waals surface area contributed by atoms with E-state index in [0.717, 1.165) is 40.6 Å². The number of unbranched alkanes of at least 4 members (excludes halogenated alkanes) is 1. The Morgan fingerprint density at radius 2 is 1.96 bits per heavy atom. The summed E-state index contributed by atoms with van der Waals surface area (Å²) in [6, 6.07) is 11.6. The zero-order valence-corrected chi connectivity index (χ0v) is 14.9. The van der Waals surface area contributed by atoms with E-state index in [-0.39, 0.29) is 0 Å². The molecule has 2 rings (SSSR count). The molecule has 0 saturated heterocycles. The minimum atomic E-state index is 0.674. The van der Waals surface area contributed by atoms with Crippen LogP contribution in [0.15, 0.2) is 35.4 Å². The van der Waals surface area contributed by atoms with Crippen molar-refractivity contribution in [1.29, 1.82) is 5.26 Å². The molecule has 3 nitrogen and oxygen atoms in total. The number of halogens is 1. The molecule has 23 heavy (non-hydrogen) atoms. The molecule has 0 atom stereocenters. The van der Waals surface area contributed by atoms with Gasteiger partial charge < -0.3 is 4.74 Å². The maximum absolute atomic E-state index is 9.24. The van der Waals surface area contributed by atoms with Crippen molar-refractivity contribution in [3.8, 4) is 11.8 Å². The molecule has 0 aliphatic rings. The highest BCUT2D eigenvalue weighted by Gasteiger charge is 2.08. The van der Waals surface area contributed by atoms with Crippen LogP contribution in [0.1, 0.15) is 29.7 Å². The van der Waals surface area contributed by atoms with E-state index in [4.69, 9.17) is 16.3 Å². The van der Waals surface area contributed by atoms with Crippen LogP contribution in [0.5, 0.6) is 5.75 Å². The molecule has 0 N–H and O–H groups in total. The van der Waals surface area contributed by atoms with Crippen LogP contribution in [0.2, 0.25) is 5.02 Å². The Morgan fingerprint density at radius 3 is 2.65 bits per heavy atom. The number of nitrogens with zero attached hydrogens (tertiary/aromatic N) is 2. The van der Waals surface area contributed by atoms with Crippen LogP contribution in [0.25, 0.3) is 0 Å². The number of aromatic nitrogens is 1. The molecular formula is C18H19ClN2OS. The molecule has 0 fully saturated rings. The smallest absolute Gasteiger partial charge is 0.119 e. The van der Waals surface area contributed by atoms with Crippen LogP contribution < -0.4 is 4.74 Å². The van der Waals surface area contributed by atoms with Crippen molar-refractivity contribution in [3.05, 3.63) is 52.2 Å². The van der Waals surface area contributed by atoms with E-state index >= 15 is 0 Å². The summed E-state index contributed by atoms with van der Waals surface area (Å²) in [7, 11) is 0. The van der Waals surface area contributed by atoms with Crippen LogP contribution in [0, 0.1) is 25.2 Å². The van der Waals surface area contributed by atoms with E-state index in [1.165, 1.54) is 0 Å². The summed E-state index contributed by atoms with van der Waals surface area (Å²) in [6.45, 7) is 4.59. The van der Waals surface area contributed by atoms with Gasteiger partial charge in [0.2, 0.25) is 0 Å². The largest absolute Gasteiger partial charge is 0.494 e. The summed E-state index contributed by atoms with van der Waals surface area (Å²) in [6.07, 6.45) is 1.97. The molecule has 0 aliphatic heterocycles. The van der Waals surface area contributed by atoms with Crippen molar-refractivity contribution < 1.29 is 4.74 Å². The maximum Gasteiger partial charge on any atom is 0.119 e. The van der Waals surface area contributed by atoms with Crippen molar-refractivity contribution in [3.63, 3.8) is 0 Å². The molecule has 1 heterocycles. The number of ether oxygens (including phenoxy) is 1. The predicted octanol–water partition coefficient (Wildman–Crippen LogP) is 5.17. The Morgan fingerprint density at radius 1 is 1.22 bits per heavy atom. The fraction of sp³-hybridized carbons (Fsp3) is 0.333. The first-order chi connectivity index (χ1) is 11.1. The van der Waals surface area contributed by atoms with E-state index < -0.39 is 0 Å². The van der Waals surface area contributed by atoms with Gasteiger partial charge in [-0.3, -0.25) is 0 Å². The van der Waals surface area contributed by atoms with Crippen molar-refractivity contribution in [2.24, 2.45) is 0 Å². The van der Waals surface area contributed by atoms with Gasteiger partial charge in [-0.05, 0) is 68.3 Å². The van der Waals surface area contributed by atoms with Gasteiger partial charge in [0, 0.05) is 10.7 Å². The Kier molecular flexibility index (Phi) is 6.76. The molecular weight excluding hydrogens is 328 g/mol. The monoisotopic (exact) mass is 346 g/mol. The van der Waals surface area contributed by atoms with Gasteiger partial charge in [0.05, 0.1) is 12.2 Å². The van der Waals surface area contributed by atoms with Gasteiger partial charge in [0.1, 0.15) is 16.8 Å². The first-order valence-electron chi connectivity index (χ1n) is 7.49. The molecule has 0 radical (unpaired) electrons. The standard InChI is InChI=1S/C18H19ClN2OS/c1-13-11-14(2)21-18(17(13)12-20)23-10-4-3-9-22-16-7-5-15(19)6-8-16/h5-8,11H,3-4,9-10H2,1-2H3. The summed E-state index contributed by atoms with van der Waals surface area (Å²) in [4.78, 5) is 4.48. The summed E-state index contributed by atoms with van der Waals surface area (Å²) in [5.74, 6) is 1.76. The zero-order chi connectivity index (χ0) is 16.7. The third-order valence-electron chi connectivity index (χ3n) is 3.28. The number of hydrogen-bond donors (Lipinski definition) is 0. The third-order valence-corrected chi connectivity index (χ3v) is 4.60. The van der Waals surface area contributed by atoms with Gasteiger partial charge in [-0.25, -0.2) is 4.98 Å². The minimum absolute atomic E-state index is 0.674. The average Bonchev–Trinajstić information content (AvgIpc) is 2.52. The number of nitriles is 1. The highest BCUT2D eigenvalue weighted by atomic mass is 35.5. The van der Waals surface area contributed by atoms with Crippen molar-refractivity contribution in [1.82, 2.24) is 4.98 Å². The maximum atomic E-state index is 9.24. The van der Waals surface area contributed by atoms with Crippen LogP contribution in [-0.2, 0) is 0 Å². The number of aryl methyl sites for hydroxylation is 2. The van der Waals surface area contributed by atoms with E-state index in [0.29, 0.717) is 17.2 Å². The molecule has 0 saturated carbocycles. The second-order valence-electron chi connectivity index (χ2n) is 5.23. The quantitative estimate of drug-likeness (QED) is 0.512. The molecule has 120 valence electrons. The summed E-state index contributed by atoms with van der Waals surface area (Å²) in [5, 5.41) is 10.8. The highest BCUT2D eigenvalue weighted by molar-refractivity contribution is 7.99. The molecule has 5 heteroatoms. The lowest BCUT2D eigenvalue weighted by atomic mass is 10.1. The van der Waals surface area contributed by atoms with Crippen molar-refractivity contribution >= 4 is 23.4 Å². The van der Waals surface area contributed by atoms with Crippen molar-refractivity contribution in [2.45, 2.75) is 31.7 Å². The second kappa shape index (κ2) is 8.81. The van der Waals surface area contributed by atoms with E-state index in [1.54, 1.807) is 11.8 Å². The molecule has 0 aliphatic carbocycles. The fourth-order valence-electron chi connectivity index (χ4n) is 2.14. The normalized spacial score (nSPS) is 10.3. The average molecular weight is 347 g/mol. The molecule has 0 spiro atoms. The SMILES string of the molecule is Cc1cc(C)c(C#N)c(SCCCCOc2ccc(Cl)cc2)n1. The highest BCUT2D eigenvalue weighted by Crippen LogP contribution is 2.24. The Labute approximate surface area is 146 Å². The first kappa shape index (κ1) is 17.7. The number of benzene rings is 1. The molecule has 0 amide bonds. The lowest BCUT2D eigenvalue weighted by molar-refractivity contribution is 0.310. The summed E-state index contributed by atoms with van der Waals surface area (Å²) >= 11 is 7.47. The first-order valence-corrected chi connectivity index (χ1v) is 8.86. The predicted molar refractivity (Wildman–Crippen MR) is 95.3 cm³/mol.